The SMILES string of the molecule is CC(C)C(=O)/C=C(\O)C(C)C.Cc1[c-]c(-c2ncc(C3CC3)c3cc(C4CCCC4)ccc23)c2oc3ccccc3c2c1.[Ir]. The van der Waals surface area contributed by atoms with Crippen LogP contribution >= 0.6 is 0 Å². The Morgan fingerprint density at radius 2 is 1.64 bits per heavy atom. The second-order valence-electron chi connectivity index (χ2n) is 13.1. The summed E-state index contributed by atoms with van der Waals surface area (Å²) in [6, 6.07) is 21.2. The molecule has 2 heterocycles. The fraction of sp³-hybridized carbons (Fsp3) is 0.385. The van der Waals surface area contributed by atoms with Crippen LogP contribution in [0.2, 0.25) is 0 Å². The Hall–Kier alpha value is -3.27. The van der Waals surface area contributed by atoms with Crippen LogP contribution in [0.1, 0.15) is 94.7 Å². The smallest absolute Gasteiger partial charge is 0.161 e. The Balaban J connectivity index is 0.000000278. The number of hydrogen-bond acceptors (Lipinski definition) is 4. The zero-order valence-electron chi connectivity index (χ0n) is 26.4. The molecular weight excluding hydrogens is 723 g/mol. The molecule has 0 spiro atoms. The molecule has 0 bridgehead atoms. The van der Waals surface area contributed by atoms with E-state index in [-0.39, 0.29) is 43.5 Å². The Morgan fingerprint density at radius 1 is 0.909 bits per heavy atom. The molecule has 2 saturated carbocycles. The van der Waals surface area contributed by atoms with Gasteiger partial charge in [-0.15, -0.1) is 17.7 Å². The monoisotopic (exact) mass is 765 g/mol. The predicted molar refractivity (Wildman–Crippen MR) is 177 cm³/mol. The zero-order valence-corrected chi connectivity index (χ0v) is 28.8. The van der Waals surface area contributed by atoms with Crippen molar-refractivity contribution < 1.29 is 34.4 Å². The van der Waals surface area contributed by atoms with Gasteiger partial charge >= 0.3 is 0 Å². The molecule has 2 aliphatic carbocycles. The number of ketones is 1. The molecule has 2 aromatic heterocycles. The molecule has 1 N–H and O–H groups in total. The van der Waals surface area contributed by atoms with Crippen LogP contribution in [0.5, 0.6) is 0 Å². The summed E-state index contributed by atoms with van der Waals surface area (Å²) < 4.78 is 6.37. The molecule has 0 aliphatic heterocycles. The van der Waals surface area contributed by atoms with E-state index in [0.29, 0.717) is 5.92 Å². The summed E-state index contributed by atoms with van der Waals surface area (Å²) in [5.41, 5.74) is 7.85. The van der Waals surface area contributed by atoms with E-state index >= 15 is 0 Å². The molecule has 231 valence electrons. The van der Waals surface area contributed by atoms with Crippen LogP contribution in [-0.2, 0) is 24.9 Å². The molecule has 0 unspecified atom stereocenters. The maximum Gasteiger partial charge on any atom is 0.161 e. The van der Waals surface area contributed by atoms with Gasteiger partial charge in [0.2, 0.25) is 0 Å². The minimum atomic E-state index is -0.0316. The maximum absolute atomic E-state index is 11.0. The first-order valence-corrected chi connectivity index (χ1v) is 15.9. The first-order chi connectivity index (χ1) is 20.7. The molecule has 2 aliphatic rings. The van der Waals surface area contributed by atoms with Crippen molar-refractivity contribution in [2.24, 2.45) is 11.8 Å². The molecule has 0 amide bonds. The fourth-order valence-electron chi connectivity index (χ4n) is 6.26. The van der Waals surface area contributed by atoms with Crippen molar-refractivity contribution in [3.63, 3.8) is 0 Å². The van der Waals surface area contributed by atoms with Gasteiger partial charge in [-0.25, -0.2) is 0 Å². The van der Waals surface area contributed by atoms with Gasteiger partial charge in [-0.05, 0) is 71.2 Å². The molecule has 3 aromatic carbocycles. The number of aromatic nitrogens is 1. The number of rotatable bonds is 6. The van der Waals surface area contributed by atoms with Crippen molar-refractivity contribution in [2.75, 3.05) is 0 Å². The summed E-state index contributed by atoms with van der Waals surface area (Å²) in [4.78, 5) is 16.1. The number of aliphatic hydroxyl groups is 1. The third kappa shape index (κ3) is 6.55. The van der Waals surface area contributed by atoms with E-state index in [0.717, 1.165) is 44.7 Å². The van der Waals surface area contributed by atoms with Gasteiger partial charge in [-0.2, -0.15) is 0 Å². The number of carbonyl (C=O) groups is 1. The summed E-state index contributed by atoms with van der Waals surface area (Å²) in [6.45, 7) is 9.43. The fourth-order valence-corrected chi connectivity index (χ4v) is 6.26. The van der Waals surface area contributed by atoms with Crippen LogP contribution in [0.25, 0.3) is 44.0 Å². The number of para-hydroxylation sites is 1. The summed E-state index contributed by atoms with van der Waals surface area (Å²) >= 11 is 0. The molecule has 5 heteroatoms. The molecular formula is C39H42IrNO3-. The number of furan rings is 1. The third-order valence-electron chi connectivity index (χ3n) is 9.02. The summed E-state index contributed by atoms with van der Waals surface area (Å²) in [7, 11) is 0. The standard InChI is InChI=1S/C30H26NO.C9H16O2.Ir/c1-18-14-25-22-8-4-5-9-28(22)32-30(25)26(15-18)29-23-13-12-21(19-6-2-3-7-19)16-24(23)27(17-31-29)20-10-11-20;1-6(2)8(10)5-9(11)7(3)4;/h4-5,8-9,12-14,16-17,19-20H,2-3,6-7,10-11H2,1H3;5-7,10H,1-4H3;/q-1;;/b;8-5-;. The van der Waals surface area contributed by atoms with Crippen LogP contribution in [0.3, 0.4) is 0 Å². The Morgan fingerprint density at radius 3 is 2.32 bits per heavy atom. The number of carbonyl (C=O) groups excluding carboxylic acids is 1. The molecule has 2 fully saturated rings. The van der Waals surface area contributed by atoms with Crippen molar-refractivity contribution in [3.05, 3.63) is 89.3 Å². The number of allylic oxidation sites excluding steroid dienone is 2. The van der Waals surface area contributed by atoms with Gasteiger partial charge in [-0.3, -0.25) is 4.79 Å². The summed E-state index contributed by atoms with van der Waals surface area (Å²) in [6.07, 6.45) is 11.4. The van der Waals surface area contributed by atoms with Gasteiger partial charge in [-0.1, -0.05) is 94.8 Å². The first-order valence-electron chi connectivity index (χ1n) is 15.9. The molecule has 7 rings (SSSR count). The number of aliphatic hydroxyl groups excluding tert-OH is 1. The second kappa shape index (κ2) is 13.4. The predicted octanol–water partition coefficient (Wildman–Crippen LogP) is 10.8. The quantitative estimate of drug-likeness (QED) is 0.106. The average Bonchev–Trinajstić information content (AvgIpc) is 3.55. The van der Waals surface area contributed by atoms with E-state index in [9.17, 15) is 9.90 Å². The van der Waals surface area contributed by atoms with Crippen molar-refractivity contribution in [1.82, 2.24) is 4.98 Å². The molecule has 0 saturated heterocycles. The molecule has 4 nitrogen and oxygen atoms in total. The van der Waals surface area contributed by atoms with Gasteiger partial charge in [0.25, 0.3) is 0 Å². The van der Waals surface area contributed by atoms with Crippen LogP contribution in [0.4, 0.5) is 0 Å². The van der Waals surface area contributed by atoms with E-state index < -0.39 is 0 Å². The van der Waals surface area contributed by atoms with E-state index in [1.54, 1.807) is 0 Å². The number of aryl methyl sites for hydroxylation is 1. The van der Waals surface area contributed by atoms with Gasteiger partial charge in [0.05, 0.1) is 11.3 Å². The summed E-state index contributed by atoms with van der Waals surface area (Å²) in [5, 5.41) is 14.1. The van der Waals surface area contributed by atoms with Gasteiger partial charge in [0, 0.05) is 49.6 Å². The Kier molecular flexibility index (Phi) is 9.77. The van der Waals surface area contributed by atoms with Crippen molar-refractivity contribution >= 4 is 38.5 Å². The van der Waals surface area contributed by atoms with Crippen molar-refractivity contribution in [2.45, 2.75) is 85.0 Å². The molecule has 1 radical (unpaired) electrons. The van der Waals surface area contributed by atoms with Crippen LogP contribution in [-0.4, -0.2) is 15.9 Å². The van der Waals surface area contributed by atoms with Crippen LogP contribution < -0.4 is 0 Å². The van der Waals surface area contributed by atoms with E-state index in [1.807, 2.05) is 39.8 Å². The Bertz CT molecular complexity index is 1840. The van der Waals surface area contributed by atoms with Gasteiger partial charge < -0.3 is 14.5 Å². The molecule has 44 heavy (non-hydrogen) atoms. The van der Waals surface area contributed by atoms with E-state index in [2.05, 4.69) is 55.6 Å². The second-order valence-corrected chi connectivity index (χ2v) is 13.1. The normalized spacial score (nSPS) is 15.7. The zero-order chi connectivity index (χ0) is 30.2. The number of hydrogen-bond donors (Lipinski definition) is 1. The van der Waals surface area contributed by atoms with E-state index in [1.165, 1.54) is 66.5 Å². The summed E-state index contributed by atoms with van der Waals surface area (Å²) in [5.74, 6) is 1.55. The van der Waals surface area contributed by atoms with Crippen LogP contribution in [0, 0.1) is 24.8 Å². The number of benzene rings is 3. The topological polar surface area (TPSA) is 63.3 Å². The maximum atomic E-state index is 11.0. The number of pyridine rings is 1. The number of nitrogens with zero attached hydrogens (tertiary/aromatic N) is 1. The average molecular weight is 765 g/mol. The van der Waals surface area contributed by atoms with Crippen molar-refractivity contribution in [1.29, 1.82) is 0 Å². The first kappa shape index (κ1) is 32.1. The van der Waals surface area contributed by atoms with Gasteiger partial charge in [0.15, 0.2) is 5.78 Å². The van der Waals surface area contributed by atoms with Crippen LogP contribution in [0.15, 0.2) is 71.0 Å². The third-order valence-corrected chi connectivity index (χ3v) is 9.02. The number of fused-ring (bicyclic) bond motifs is 4. The van der Waals surface area contributed by atoms with Gasteiger partial charge in [0.1, 0.15) is 5.58 Å². The van der Waals surface area contributed by atoms with Crippen molar-refractivity contribution in [3.8, 4) is 11.3 Å². The molecule has 5 aromatic rings. The minimum absolute atomic E-state index is 0. The Labute approximate surface area is 274 Å². The largest absolute Gasteiger partial charge is 0.512 e. The molecule has 0 atom stereocenters. The van der Waals surface area contributed by atoms with E-state index in [4.69, 9.17) is 9.40 Å². The minimum Gasteiger partial charge on any atom is -0.512 e.